The van der Waals surface area contributed by atoms with Gasteiger partial charge in [0, 0.05) is 24.8 Å². The van der Waals surface area contributed by atoms with Crippen LogP contribution in [0.15, 0.2) is 16.9 Å². The number of nitrogens with two attached hydrogens (primary N) is 1. The molecule has 0 aromatic carbocycles. The fraction of sp³-hybridized carbons (Fsp3) is 0.615. The van der Waals surface area contributed by atoms with Crippen LogP contribution in [0.5, 0.6) is 0 Å². The summed E-state index contributed by atoms with van der Waals surface area (Å²) in [6.07, 6.45) is 6.81. The molecule has 0 saturated heterocycles. The van der Waals surface area contributed by atoms with Crippen molar-refractivity contribution in [3.63, 3.8) is 0 Å². The van der Waals surface area contributed by atoms with Crippen molar-refractivity contribution in [2.45, 2.75) is 44.7 Å². The molecule has 20 heavy (non-hydrogen) atoms. The van der Waals surface area contributed by atoms with Crippen LogP contribution in [0.1, 0.15) is 32.6 Å². The molecule has 110 valence electrons. The summed E-state index contributed by atoms with van der Waals surface area (Å²) in [6, 6.07) is 0.568. The Morgan fingerprint density at radius 2 is 2.10 bits per heavy atom. The topological polar surface area (TPSA) is 85.3 Å². The van der Waals surface area contributed by atoms with Crippen molar-refractivity contribution in [1.29, 1.82) is 0 Å². The summed E-state index contributed by atoms with van der Waals surface area (Å²) in [7, 11) is 0. The van der Waals surface area contributed by atoms with Gasteiger partial charge in [-0.05, 0) is 48.5 Å². The highest BCUT2D eigenvalue weighted by molar-refractivity contribution is 9.10. The minimum Gasteiger partial charge on any atom is -0.362 e. The van der Waals surface area contributed by atoms with E-state index >= 15 is 0 Å². The van der Waals surface area contributed by atoms with Crippen molar-refractivity contribution < 1.29 is 4.92 Å². The lowest BCUT2D eigenvalue weighted by molar-refractivity contribution is -0.384. The summed E-state index contributed by atoms with van der Waals surface area (Å²) in [5, 5.41) is 11.2. The van der Waals surface area contributed by atoms with Crippen LogP contribution in [0.2, 0.25) is 0 Å². The molecule has 0 radical (unpaired) electrons. The second-order valence-corrected chi connectivity index (χ2v) is 5.96. The van der Waals surface area contributed by atoms with Crippen LogP contribution in [0.4, 0.5) is 11.4 Å². The Bertz CT molecular complexity index is 489. The Balaban J connectivity index is 2.34. The molecule has 1 aliphatic carbocycles. The molecular formula is C13H19BrN4O2. The average Bonchev–Trinajstić information content (AvgIpc) is 2.43. The van der Waals surface area contributed by atoms with Crippen molar-refractivity contribution in [3.8, 4) is 0 Å². The third kappa shape index (κ3) is 3.09. The van der Waals surface area contributed by atoms with Gasteiger partial charge in [0.25, 0.3) is 0 Å². The number of halogens is 1. The lowest BCUT2D eigenvalue weighted by Crippen LogP contribution is -2.41. The summed E-state index contributed by atoms with van der Waals surface area (Å²) >= 11 is 3.40. The van der Waals surface area contributed by atoms with E-state index in [1.807, 2.05) is 6.92 Å². The number of nitro groups is 1. The van der Waals surface area contributed by atoms with E-state index in [0.717, 1.165) is 32.2 Å². The van der Waals surface area contributed by atoms with Gasteiger partial charge >= 0.3 is 5.69 Å². The first-order valence-electron chi connectivity index (χ1n) is 6.84. The van der Waals surface area contributed by atoms with Gasteiger partial charge in [-0.2, -0.15) is 0 Å². The molecule has 2 N–H and O–H groups in total. The van der Waals surface area contributed by atoms with Crippen LogP contribution >= 0.6 is 15.9 Å². The standard InChI is InChI=1S/C13H19BrN4O2/c1-2-17(10-5-3-9(15)4-6-10)13-11(14)7-16-8-12(13)18(19)20/h7-10H,2-6,15H2,1H3. The fourth-order valence-electron chi connectivity index (χ4n) is 2.85. The highest BCUT2D eigenvalue weighted by Gasteiger charge is 2.29. The number of anilines is 1. The third-order valence-corrected chi connectivity index (χ3v) is 4.44. The van der Waals surface area contributed by atoms with E-state index in [9.17, 15) is 10.1 Å². The van der Waals surface area contributed by atoms with Crippen molar-refractivity contribution >= 4 is 27.3 Å². The van der Waals surface area contributed by atoms with Crippen molar-refractivity contribution in [3.05, 3.63) is 27.0 Å². The second-order valence-electron chi connectivity index (χ2n) is 5.10. The zero-order valence-electron chi connectivity index (χ0n) is 11.5. The molecule has 0 aliphatic heterocycles. The number of hydrogen-bond donors (Lipinski definition) is 1. The second kappa shape index (κ2) is 6.49. The van der Waals surface area contributed by atoms with Gasteiger partial charge in [-0.3, -0.25) is 15.1 Å². The Kier molecular flexibility index (Phi) is 4.93. The molecule has 2 rings (SSSR count). The van der Waals surface area contributed by atoms with Crippen molar-refractivity contribution in [2.24, 2.45) is 5.73 Å². The molecule has 0 atom stereocenters. The van der Waals surface area contributed by atoms with Gasteiger partial charge in [0.1, 0.15) is 11.9 Å². The Morgan fingerprint density at radius 1 is 1.45 bits per heavy atom. The van der Waals surface area contributed by atoms with E-state index < -0.39 is 0 Å². The zero-order chi connectivity index (χ0) is 14.7. The lowest BCUT2D eigenvalue weighted by Gasteiger charge is -2.37. The SMILES string of the molecule is CCN(c1c(Br)cncc1[N+](=O)[O-])C1CCC(N)CC1. The zero-order valence-corrected chi connectivity index (χ0v) is 13.0. The van der Waals surface area contributed by atoms with E-state index in [1.165, 1.54) is 6.20 Å². The number of hydrogen-bond acceptors (Lipinski definition) is 5. The normalized spacial score (nSPS) is 22.6. The summed E-state index contributed by atoms with van der Waals surface area (Å²) < 4.78 is 0.670. The van der Waals surface area contributed by atoms with E-state index in [-0.39, 0.29) is 16.7 Å². The molecule has 0 amide bonds. The molecule has 0 bridgehead atoms. The molecule has 1 fully saturated rings. The first-order valence-corrected chi connectivity index (χ1v) is 7.64. The van der Waals surface area contributed by atoms with E-state index in [1.54, 1.807) is 6.20 Å². The summed E-state index contributed by atoms with van der Waals surface area (Å²) in [4.78, 5) is 16.9. The summed E-state index contributed by atoms with van der Waals surface area (Å²) in [5.74, 6) is 0. The maximum Gasteiger partial charge on any atom is 0.311 e. The van der Waals surface area contributed by atoms with Crippen LogP contribution in [0.3, 0.4) is 0 Å². The first-order chi connectivity index (χ1) is 9.54. The van der Waals surface area contributed by atoms with E-state index in [4.69, 9.17) is 5.73 Å². The number of nitrogens with zero attached hydrogens (tertiary/aromatic N) is 3. The first kappa shape index (κ1) is 15.2. The van der Waals surface area contributed by atoms with Crippen LogP contribution in [0, 0.1) is 10.1 Å². The van der Waals surface area contributed by atoms with Gasteiger partial charge in [0.15, 0.2) is 0 Å². The van der Waals surface area contributed by atoms with Gasteiger partial charge < -0.3 is 10.6 Å². The molecule has 1 aliphatic rings. The maximum absolute atomic E-state index is 11.2. The predicted octanol–water partition coefficient (Wildman–Crippen LogP) is 2.85. The third-order valence-electron chi connectivity index (χ3n) is 3.86. The average molecular weight is 343 g/mol. The Labute approximate surface area is 126 Å². The smallest absolute Gasteiger partial charge is 0.311 e. The van der Waals surface area contributed by atoms with Gasteiger partial charge in [0.05, 0.1) is 9.40 Å². The van der Waals surface area contributed by atoms with Gasteiger partial charge in [-0.15, -0.1) is 0 Å². The van der Waals surface area contributed by atoms with Crippen LogP contribution < -0.4 is 10.6 Å². The molecular weight excluding hydrogens is 324 g/mol. The highest BCUT2D eigenvalue weighted by Crippen LogP contribution is 2.38. The maximum atomic E-state index is 11.2. The number of aromatic nitrogens is 1. The van der Waals surface area contributed by atoms with Gasteiger partial charge in [-0.1, -0.05) is 0 Å². The molecule has 0 spiro atoms. The molecule has 0 unspecified atom stereocenters. The van der Waals surface area contributed by atoms with Crippen molar-refractivity contribution in [2.75, 3.05) is 11.4 Å². The van der Waals surface area contributed by atoms with Crippen LogP contribution in [-0.2, 0) is 0 Å². The van der Waals surface area contributed by atoms with E-state index in [0.29, 0.717) is 16.2 Å². The summed E-state index contributed by atoms with van der Waals surface area (Å²) in [5.41, 5.74) is 6.62. The lowest BCUT2D eigenvalue weighted by atomic mass is 9.90. The monoisotopic (exact) mass is 342 g/mol. The van der Waals surface area contributed by atoms with Crippen LogP contribution in [0.25, 0.3) is 0 Å². The molecule has 1 saturated carbocycles. The number of rotatable bonds is 4. The molecule has 1 aromatic rings. The van der Waals surface area contributed by atoms with Crippen molar-refractivity contribution in [1.82, 2.24) is 4.98 Å². The van der Waals surface area contributed by atoms with E-state index in [2.05, 4.69) is 25.8 Å². The van der Waals surface area contributed by atoms with Crippen LogP contribution in [-0.4, -0.2) is 28.5 Å². The number of pyridine rings is 1. The fourth-order valence-corrected chi connectivity index (χ4v) is 3.40. The summed E-state index contributed by atoms with van der Waals surface area (Å²) in [6.45, 7) is 2.74. The molecule has 1 heterocycles. The molecule has 1 aromatic heterocycles. The quantitative estimate of drug-likeness (QED) is 0.671. The Hall–Kier alpha value is -1.21. The van der Waals surface area contributed by atoms with Gasteiger partial charge in [0.2, 0.25) is 0 Å². The van der Waals surface area contributed by atoms with Gasteiger partial charge in [-0.25, -0.2) is 0 Å². The minimum atomic E-state index is -0.371. The molecule has 7 heteroatoms. The minimum absolute atomic E-state index is 0.0519. The Morgan fingerprint density at radius 3 is 2.65 bits per heavy atom. The largest absolute Gasteiger partial charge is 0.362 e. The highest BCUT2D eigenvalue weighted by atomic mass is 79.9. The molecule has 6 nitrogen and oxygen atoms in total. The predicted molar refractivity (Wildman–Crippen MR) is 81.8 cm³/mol.